The van der Waals surface area contributed by atoms with Gasteiger partial charge in [0.25, 0.3) is 0 Å². The second kappa shape index (κ2) is 5.05. The molecule has 2 rings (SSSR count). The van der Waals surface area contributed by atoms with Gasteiger partial charge in [-0.25, -0.2) is 4.98 Å². The van der Waals surface area contributed by atoms with Crippen molar-refractivity contribution in [2.24, 2.45) is 12.8 Å². The molecular weight excluding hydrogens is 275 g/mol. The van der Waals surface area contributed by atoms with Gasteiger partial charge in [-0.3, -0.25) is 0 Å². The Kier molecular flexibility index (Phi) is 3.78. The van der Waals surface area contributed by atoms with E-state index >= 15 is 0 Å². The van der Waals surface area contributed by atoms with Crippen LogP contribution in [0, 0.1) is 0 Å². The van der Waals surface area contributed by atoms with Crippen molar-refractivity contribution in [1.82, 2.24) is 9.55 Å². The number of benzene rings is 1. The van der Waals surface area contributed by atoms with Gasteiger partial charge in [0.2, 0.25) is 0 Å². The van der Waals surface area contributed by atoms with Crippen LogP contribution in [0.15, 0.2) is 23.4 Å². The molecule has 1 aromatic heterocycles. The third kappa shape index (κ3) is 2.87. The molecule has 1 atom stereocenters. The first kappa shape index (κ1) is 14.2. The van der Waals surface area contributed by atoms with Crippen LogP contribution in [0.2, 0.25) is 0 Å². The van der Waals surface area contributed by atoms with E-state index in [9.17, 15) is 13.2 Å². The number of thioether (sulfide) groups is 1. The molecule has 3 nitrogen and oxygen atoms in total. The average Bonchev–Trinajstić information content (AvgIpc) is 2.64. The largest absolute Gasteiger partial charge is 0.416 e. The van der Waals surface area contributed by atoms with Crippen molar-refractivity contribution in [3.05, 3.63) is 23.8 Å². The van der Waals surface area contributed by atoms with Crippen LogP contribution in [0.1, 0.15) is 12.5 Å². The summed E-state index contributed by atoms with van der Waals surface area (Å²) in [6.45, 7) is 2.44. The minimum absolute atomic E-state index is 0.164. The normalized spacial score (nSPS) is 14.0. The van der Waals surface area contributed by atoms with E-state index in [1.54, 1.807) is 11.6 Å². The first-order chi connectivity index (χ1) is 8.82. The molecule has 1 heterocycles. The fourth-order valence-corrected chi connectivity index (χ4v) is 2.55. The number of alkyl halides is 3. The van der Waals surface area contributed by atoms with Crippen molar-refractivity contribution >= 4 is 22.8 Å². The number of aromatic nitrogens is 2. The van der Waals surface area contributed by atoms with Crippen LogP contribution in [-0.4, -0.2) is 21.3 Å². The molecule has 0 radical (unpaired) electrons. The van der Waals surface area contributed by atoms with Crippen LogP contribution in [0.3, 0.4) is 0 Å². The highest BCUT2D eigenvalue weighted by Gasteiger charge is 2.31. The number of hydrogen-bond acceptors (Lipinski definition) is 3. The van der Waals surface area contributed by atoms with E-state index in [1.807, 2.05) is 6.92 Å². The zero-order valence-electron chi connectivity index (χ0n) is 10.5. The van der Waals surface area contributed by atoms with Gasteiger partial charge in [0.05, 0.1) is 16.6 Å². The summed E-state index contributed by atoms with van der Waals surface area (Å²) in [4.78, 5) is 4.24. The van der Waals surface area contributed by atoms with E-state index in [0.29, 0.717) is 22.7 Å². The van der Waals surface area contributed by atoms with Crippen LogP contribution in [-0.2, 0) is 13.2 Å². The van der Waals surface area contributed by atoms with Gasteiger partial charge in [-0.05, 0) is 18.2 Å². The summed E-state index contributed by atoms with van der Waals surface area (Å²) in [6.07, 6.45) is -4.34. The Morgan fingerprint density at radius 3 is 2.68 bits per heavy atom. The first-order valence-electron chi connectivity index (χ1n) is 5.73. The van der Waals surface area contributed by atoms with Gasteiger partial charge in [0.1, 0.15) is 0 Å². The standard InChI is InChI=1S/C12H14F3N3S/c1-7(6-16)19-11-17-9-5-8(12(13,14)15)3-4-10(9)18(11)2/h3-5,7H,6,16H2,1-2H3. The Morgan fingerprint density at radius 1 is 1.42 bits per heavy atom. The van der Waals surface area contributed by atoms with Crippen LogP contribution in [0.5, 0.6) is 0 Å². The predicted molar refractivity (Wildman–Crippen MR) is 70.1 cm³/mol. The number of nitrogens with zero attached hydrogens (tertiary/aromatic N) is 2. The number of aryl methyl sites for hydroxylation is 1. The third-order valence-electron chi connectivity index (χ3n) is 2.81. The zero-order chi connectivity index (χ0) is 14.2. The Morgan fingerprint density at radius 2 is 2.11 bits per heavy atom. The summed E-state index contributed by atoms with van der Waals surface area (Å²) in [5, 5.41) is 0.838. The Labute approximate surface area is 113 Å². The smallest absolute Gasteiger partial charge is 0.329 e. The lowest BCUT2D eigenvalue weighted by Crippen LogP contribution is -2.13. The van der Waals surface area contributed by atoms with E-state index in [0.717, 1.165) is 12.1 Å². The number of nitrogens with two attached hydrogens (primary N) is 1. The van der Waals surface area contributed by atoms with Crippen molar-refractivity contribution in [1.29, 1.82) is 0 Å². The molecule has 19 heavy (non-hydrogen) atoms. The quantitative estimate of drug-likeness (QED) is 0.883. The lowest BCUT2D eigenvalue weighted by molar-refractivity contribution is -0.137. The second-order valence-electron chi connectivity index (χ2n) is 4.32. The molecular formula is C12H14F3N3S. The van der Waals surface area contributed by atoms with E-state index in [-0.39, 0.29) is 5.25 Å². The summed E-state index contributed by atoms with van der Waals surface area (Å²) in [6, 6.07) is 3.60. The summed E-state index contributed by atoms with van der Waals surface area (Å²) in [7, 11) is 1.79. The Hall–Kier alpha value is -1.21. The number of hydrogen-bond donors (Lipinski definition) is 1. The van der Waals surface area contributed by atoms with Crippen LogP contribution in [0.4, 0.5) is 13.2 Å². The molecule has 0 aliphatic carbocycles. The third-order valence-corrected chi connectivity index (χ3v) is 3.98. The van der Waals surface area contributed by atoms with E-state index in [4.69, 9.17) is 5.73 Å². The van der Waals surface area contributed by atoms with Crippen molar-refractivity contribution < 1.29 is 13.2 Å². The first-order valence-corrected chi connectivity index (χ1v) is 6.61. The maximum Gasteiger partial charge on any atom is 0.416 e. The molecule has 0 spiro atoms. The van der Waals surface area contributed by atoms with Gasteiger partial charge in [-0.15, -0.1) is 0 Å². The number of fused-ring (bicyclic) bond motifs is 1. The summed E-state index contributed by atoms with van der Waals surface area (Å²) in [5.41, 5.74) is 5.89. The van der Waals surface area contributed by atoms with Gasteiger partial charge in [-0.2, -0.15) is 13.2 Å². The van der Waals surface area contributed by atoms with Gasteiger partial charge < -0.3 is 10.3 Å². The van der Waals surface area contributed by atoms with E-state index < -0.39 is 11.7 Å². The zero-order valence-corrected chi connectivity index (χ0v) is 11.3. The molecule has 0 aliphatic rings. The highest BCUT2D eigenvalue weighted by Crippen LogP contribution is 2.32. The molecule has 2 N–H and O–H groups in total. The monoisotopic (exact) mass is 289 g/mol. The van der Waals surface area contributed by atoms with Gasteiger partial charge in [0, 0.05) is 18.8 Å². The highest BCUT2D eigenvalue weighted by molar-refractivity contribution is 7.99. The Bertz CT molecular complexity index is 592. The lowest BCUT2D eigenvalue weighted by Gasteiger charge is -2.07. The van der Waals surface area contributed by atoms with Crippen LogP contribution >= 0.6 is 11.8 Å². The summed E-state index contributed by atoms with van der Waals surface area (Å²) in [5.74, 6) is 0. The maximum absolute atomic E-state index is 12.6. The maximum atomic E-state index is 12.6. The average molecular weight is 289 g/mol. The molecule has 0 fully saturated rings. The molecule has 0 bridgehead atoms. The highest BCUT2D eigenvalue weighted by atomic mass is 32.2. The Balaban J connectivity index is 2.45. The van der Waals surface area contributed by atoms with Gasteiger partial charge >= 0.3 is 6.18 Å². The molecule has 104 valence electrons. The van der Waals surface area contributed by atoms with Crippen molar-refractivity contribution in [3.8, 4) is 0 Å². The van der Waals surface area contributed by atoms with Gasteiger partial charge in [-0.1, -0.05) is 18.7 Å². The lowest BCUT2D eigenvalue weighted by atomic mass is 10.2. The topological polar surface area (TPSA) is 43.8 Å². The molecule has 0 saturated heterocycles. The summed E-state index contributed by atoms with van der Waals surface area (Å²) >= 11 is 1.45. The van der Waals surface area contributed by atoms with E-state index in [2.05, 4.69) is 4.98 Å². The molecule has 7 heteroatoms. The number of rotatable bonds is 3. The second-order valence-corrected chi connectivity index (χ2v) is 5.72. The minimum atomic E-state index is -4.34. The fourth-order valence-electron chi connectivity index (χ4n) is 1.69. The molecule has 0 saturated carbocycles. The summed E-state index contributed by atoms with van der Waals surface area (Å²) < 4.78 is 39.7. The molecule has 0 aliphatic heterocycles. The molecule has 0 amide bonds. The molecule has 1 unspecified atom stereocenters. The number of imidazole rings is 1. The van der Waals surface area contributed by atoms with Crippen LogP contribution < -0.4 is 5.73 Å². The SMILES string of the molecule is CC(CN)Sc1nc2cc(C(F)(F)F)ccc2n1C. The molecule has 1 aromatic carbocycles. The fraction of sp³-hybridized carbons (Fsp3) is 0.417. The van der Waals surface area contributed by atoms with Crippen molar-refractivity contribution in [2.75, 3.05) is 6.54 Å². The predicted octanol–water partition coefficient (Wildman–Crippen LogP) is 3.03. The number of halogens is 3. The van der Waals surface area contributed by atoms with Crippen molar-refractivity contribution in [2.45, 2.75) is 23.5 Å². The van der Waals surface area contributed by atoms with Crippen LogP contribution in [0.25, 0.3) is 11.0 Å². The van der Waals surface area contributed by atoms with Crippen molar-refractivity contribution in [3.63, 3.8) is 0 Å². The minimum Gasteiger partial charge on any atom is -0.329 e. The molecule has 2 aromatic rings. The van der Waals surface area contributed by atoms with Gasteiger partial charge in [0.15, 0.2) is 5.16 Å². The van der Waals surface area contributed by atoms with E-state index in [1.165, 1.54) is 17.8 Å².